The maximum absolute atomic E-state index is 13.1. The van der Waals surface area contributed by atoms with Crippen molar-refractivity contribution in [1.82, 2.24) is 0 Å². The summed E-state index contributed by atoms with van der Waals surface area (Å²) >= 11 is 5.47. The van der Waals surface area contributed by atoms with Crippen molar-refractivity contribution in [3.8, 4) is 0 Å². The fourth-order valence-electron chi connectivity index (χ4n) is 1.27. The van der Waals surface area contributed by atoms with Crippen LogP contribution in [0.5, 0.6) is 0 Å². The van der Waals surface area contributed by atoms with Crippen LogP contribution in [0.4, 0.5) is 8.78 Å². The molecule has 4 heteroatoms. The number of hydrogen-bond donors (Lipinski definition) is 1. The molecule has 70 valence electrons. The summed E-state index contributed by atoms with van der Waals surface area (Å²) < 4.78 is 25.8. The van der Waals surface area contributed by atoms with E-state index in [1.807, 2.05) is 0 Å². The lowest BCUT2D eigenvalue weighted by molar-refractivity contribution is 0.146. The van der Waals surface area contributed by atoms with Crippen LogP contribution in [-0.2, 0) is 5.60 Å². The largest absolute Gasteiger partial charge is 0.385 e. The molecule has 0 saturated heterocycles. The molecule has 0 amide bonds. The van der Waals surface area contributed by atoms with Gasteiger partial charge in [-0.15, -0.1) is 0 Å². The Kier molecular flexibility index (Phi) is 1.82. The molecule has 1 aromatic rings. The van der Waals surface area contributed by atoms with Crippen molar-refractivity contribution >= 4 is 11.6 Å². The number of halogens is 3. The normalized spacial score (nSPS) is 18.8. The van der Waals surface area contributed by atoms with Crippen LogP contribution in [0.25, 0.3) is 0 Å². The van der Waals surface area contributed by atoms with E-state index in [4.69, 9.17) is 11.6 Å². The average molecular weight is 205 g/mol. The number of rotatable bonds is 1. The van der Waals surface area contributed by atoms with Crippen LogP contribution in [-0.4, -0.2) is 5.11 Å². The molecule has 1 saturated carbocycles. The quantitative estimate of drug-likeness (QED) is 0.698. The Hall–Kier alpha value is -0.670. The molecule has 0 heterocycles. The highest BCUT2D eigenvalue weighted by Gasteiger charge is 2.44. The van der Waals surface area contributed by atoms with E-state index in [0.717, 1.165) is 6.07 Å². The Balaban J connectivity index is 2.52. The van der Waals surface area contributed by atoms with Crippen molar-refractivity contribution in [2.24, 2.45) is 0 Å². The van der Waals surface area contributed by atoms with Gasteiger partial charge < -0.3 is 5.11 Å². The second kappa shape index (κ2) is 2.66. The summed E-state index contributed by atoms with van der Waals surface area (Å²) in [6.07, 6.45) is 1.01. The molecular weight excluding hydrogens is 198 g/mol. The minimum Gasteiger partial charge on any atom is -0.385 e. The molecule has 0 bridgehead atoms. The summed E-state index contributed by atoms with van der Waals surface area (Å²) in [5.74, 6) is -1.53. The van der Waals surface area contributed by atoms with Gasteiger partial charge in [0.2, 0.25) is 0 Å². The SMILES string of the molecule is OC1(c2cc(Cl)c(F)cc2F)CC1. The van der Waals surface area contributed by atoms with Gasteiger partial charge in [0.25, 0.3) is 0 Å². The van der Waals surface area contributed by atoms with E-state index in [9.17, 15) is 13.9 Å². The van der Waals surface area contributed by atoms with Crippen molar-refractivity contribution in [1.29, 1.82) is 0 Å². The Morgan fingerprint density at radius 2 is 1.85 bits per heavy atom. The van der Waals surface area contributed by atoms with E-state index in [0.29, 0.717) is 18.9 Å². The third kappa shape index (κ3) is 1.42. The van der Waals surface area contributed by atoms with Gasteiger partial charge in [-0.1, -0.05) is 11.6 Å². The molecule has 1 N–H and O–H groups in total. The third-order valence-electron chi connectivity index (χ3n) is 2.23. The van der Waals surface area contributed by atoms with Crippen LogP contribution in [0.2, 0.25) is 5.02 Å². The summed E-state index contributed by atoms with van der Waals surface area (Å²) in [6, 6.07) is 1.85. The Labute approximate surface area is 78.9 Å². The summed E-state index contributed by atoms with van der Waals surface area (Å²) in [5, 5.41) is 9.42. The number of aliphatic hydroxyl groups is 1. The lowest BCUT2D eigenvalue weighted by atomic mass is 10.1. The highest BCUT2D eigenvalue weighted by molar-refractivity contribution is 6.30. The van der Waals surface area contributed by atoms with Gasteiger partial charge in [-0.25, -0.2) is 8.78 Å². The zero-order valence-electron chi connectivity index (χ0n) is 6.65. The molecule has 1 nitrogen and oxygen atoms in total. The Morgan fingerprint density at radius 1 is 1.23 bits per heavy atom. The third-order valence-corrected chi connectivity index (χ3v) is 2.52. The van der Waals surface area contributed by atoms with Crippen molar-refractivity contribution < 1.29 is 13.9 Å². The van der Waals surface area contributed by atoms with Crippen molar-refractivity contribution in [3.63, 3.8) is 0 Å². The van der Waals surface area contributed by atoms with E-state index in [-0.39, 0.29) is 10.6 Å². The van der Waals surface area contributed by atoms with Crippen molar-refractivity contribution in [3.05, 3.63) is 34.4 Å². The van der Waals surface area contributed by atoms with Crippen molar-refractivity contribution in [2.45, 2.75) is 18.4 Å². The summed E-state index contributed by atoms with van der Waals surface area (Å²) in [6.45, 7) is 0. The summed E-state index contributed by atoms with van der Waals surface area (Å²) in [7, 11) is 0. The zero-order valence-corrected chi connectivity index (χ0v) is 7.41. The number of benzene rings is 1. The molecular formula is C9H7ClF2O. The molecule has 0 spiro atoms. The zero-order chi connectivity index (χ0) is 9.64. The van der Waals surface area contributed by atoms with Gasteiger partial charge in [-0.05, 0) is 18.9 Å². The maximum Gasteiger partial charge on any atom is 0.144 e. The van der Waals surface area contributed by atoms with Crippen LogP contribution < -0.4 is 0 Å². The second-order valence-electron chi connectivity index (χ2n) is 3.28. The van der Waals surface area contributed by atoms with Crippen LogP contribution in [0, 0.1) is 11.6 Å². The van der Waals surface area contributed by atoms with Gasteiger partial charge in [0.05, 0.1) is 10.6 Å². The van der Waals surface area contributed by atoms with Gasteiger partial charge in [-0.3, -0.25) is 0 Å². The molecule has 0 unspecified atom stereocenters. The minimum absolute atomic E-state index is 0.0962. The summed E-state index contributed by atoms with van der Waals surface area (Å²) in [4.78, 5) is 0. The van der Waals surface area contributed by atoms with Crippen LogP contribution in [0.15, 0.2) is 12.1 Å². The molecule has 0 atom stereocenters. The molecule has 1 aliphatic rings. The summed E-state index contributed by atoms with van der Waals surface area (Å²) in [5.41, 5.74) is -1.01. The highest BCUT2D eigenvalue weighted by Crippen LogP contribution is 2.46. The fourth-order valence-corrected chi connectivity index (χ4v) is 1.43. The van der Waals surface area contributed by atoms with Crippen molar-refractivity contribution in [2.75, 3.05) is 0 Å². The van der Waals surface area contributed by atoms with E-state index >= 15 is 0 Å². The van der Waals surface area contributed by atoms with Crippen LogP contribution >= 0.6 is 11.6 Å². The highest BCUT2D eigenvalue weighted by atomic mass is 35.5. The predicted molar refractivity (Wildman–Crippen MR) is 44.5 cm³/mol. The maximum atomic E-state index is 13.1. The molecule has 1 aliphatic carbocycles. The second-order valence-corrected chi connectivity index (χ2v) is 3.68. The standard InChI is InChI=1S/C9H7ClF2O/c10-6-3-5(9(13)1-2-9)7(11)4-8(6)12/h3-4,13H,1-2H2. The van der Waals surface area contributed by atoms with Gasteiger partial charge >= 0.3 is 0 Å². The lowest BCUT2D eigenvalue weighted by Gasteiger charge is -2.09. The van der Waals surface area contributed by atoms with E-state index in [1.54, 1.807) is 0 Å². The smallest absolute Gasteiger partial charge is 0.144 e. The molecule has 0 aliphatic heterocycles. The van der Waals surface area contributed by atoms with Gasteiger partial charge in [-0.2, -0.15) is 0 Å². The number of hydrogen-bond acceptors (Lipinski definition) is 1. The van der Waals surface area contributed by atoms with Crippen LogP contribution in [0.1, 0.15) is 18.4 Å². The van der Waals surface area contributed by atoms with Crippen LogP contribution in [0.3, 0.4) is 0 Å². The lowest BCUT2D eigenvalue weighted by Crippen LogP contribution is -2.07. The first kappa shape index (κ1) is 8.91. The predicted octanol–water partition coefficient (Wildman–Crippen LogP) is 2.60. The van der Waals surface area contributed by atoms with Gasteiger partial charge in [0.1, 0.15) is 11.6 Å². The Morgan fingerprint density at radius 3 is 2.38 bits per heavy atom. The Bertz CT molecular complexity index is 361. The topological polar surface area (TPSA) is 20.2 Å². The first-order valence-electron chi connectivity index (χ1n) is 3.90. The molecule has 1 aromatic carbocycles. The van der Waals surface area contributed by atoms with E-state index in [2.05, 4.69) is 0 Å². The first-order chi connectivity index (χ1) is 6.03. The molecule has 0 aromatic heterocycles. The van der Waals surface area contributed by atoms with E-state index < -0.39 is 17.2 Å². The molecule has 2 rings (SSSR count). The average Bonchev–Trinajstić information content (AvgIpc) is 2.77. The van der Waals surface area contributed by atoms with Gasteiger partial charge in [0, 0.05) is 11.6 Å². The fraction of sp³-hybridized carbons (Fsp3) is 0.333. The van der Waals surface area contributed by atoms with Gasteiger partial charge in [0.15, 0.2) is 0 Å². The molecule has 1 fully saturated rings. The molecule has 13 heavy (non-hydrogen) atoms. The molecule has 0 radical (unpaired) electrons. The van der Waals surface area contributed by atoms with E-state index in [1.165, 1.54) is 0 Å². The first-order valence-corrected chi connectivity index (χ1v) is 4.28. The monoisotopic (exact) mass is 204 g/mol. The minimum atomic E-state index is -1.11.